The second-order valence-electron chi connectivity index (χ2n) is 4.38. The number of rotatable bonds is 7. The van der Waals surface area contributed by atoms with E-state index in [-0.39, 0.29) is 5.84 Å². The highest BCUT2D eigenvalue weighted by Gasteiger charge is 2.04. The standard InChI is InChI=1S/C13H19ClN2O2/c1-9(2)8-17-5-6-18-12-4-3-10(13(15)16)7-11(12)14/h3-4,7,9H,5-6,8H2,1-2H3,(H3,15,16). The Balaban J connectivity index is 2.41. The van der Waals surface area contributed by atoms with Crippen molar-refractivity contribution in [3.05, 3.63) is 28.8 Å². The third-order valence-electron chi connectivity index (χ3n) is 2.18. The molecular formula is C13H19ClN2O2. The number of hydrogen-bond acceptors (Lipinski definition) is 3. The number of hydrogen-bond donors (Lipinski definition) is 2. The Bertz CT molecular complexity index is 408. The van der Waals surface area contributed by atoms with E-state index >= 15 is 0 Å². The molecule has 1 aromatic rings. The van der Waals surface area contributed by atoms with Crippen molar-refractivity contribution < 1.29 is 9.47 Å². The molecule has 0 aliphatic carbocycles. The molecule has 0 spiro atoms. The van der Waals surface area contributed by atoms with Gasteiger partial charge in [-0.1, -0.05) is 25.4 Å². The minimum absolute atomic E-state index is 0.0104. The molecule has 0 saturated carbocycles. The van der Waals surface area contributed by atoms with E-state index < -0.39 is 0 Å². The SMILES string of the molecule is CC(C)COCCOc1ccc(C(=N)N)cc1Cl. The number of ether oxygens (including phenoxy) is 2. The Morgan fingerprint density at radius 2 is 2.11 bits per heavy atom. The van der Waals surface area contributed by atoms with Crippen LogP contribution in [0.25, 0.3) is 0 Å². The number of halogens is 1. The largest absolute Gasteiger partial charge is 0.490 e. The van der Waals surface area contributed by atoms with Gasteiger partial charge in [-0.25, -0.2) is 0 Å². The third-order valence-corrected chi connectivity index (χ3v) is 2.47. The maximum atomic E-state index is 7.29. The van der Waals surface area contributed by atoms with Crippen LogP contribution in [0.4, 0.5) is 0 Å². The summed E-state index contributed by atoms with van der Waals surface area (Å²) in [7, 11) is 0. The average molecular weight is 271 g/mol. The summed E-state index contributed by atoms with van der Waals surface area (Å²) in [6.07, 6.45) is 0. The molecule has 0 aliphatic rings. The summed E-state index contributed by atoms with van der Waals surface area (Å²) >= 11 is 6.02. The van der Waals surface area contributed by atoms with E-state index in [1.165, 1.54) is 0 Å². The molecule has 0 amide bonds. The van der Waals surface area contributed by atoms with Crippen LogP contribution >= 0.6 is 11.6 Å². The summed E-state index contributed by atoms with van der Waals surface area (Å²) < 4.78 is 10.9. The van der Waals surface area contributed by atoms with Gasteiger partial charge in [-0.2, -0.15) is 0 Å². The molecule has 0 unspecified atom stereocenters. The third kappa shape index (κ3) is 4.94. The highest BCUT2D eigenvalue weighted by Crippen LogP contribution is 2.25. The molecule has 3 N–H and O–H groups in total. The zero-order valence-electron chi connectivity index (χ0n) is 10.7. The van der Waals surface area contributed by atoms with Crippen molar-refractivity contribution in [3.63, 3.8) is 0 Å². The summed E-state index contributed by atoms with van der Waals surface area (Å²) in [4.78, 5) is 0. The first-order valence-corrected chi connectivity index (χ1v) is 6.23. The van der Waals surface area contributed by atoms with Gasteiger partial charge in [0.25, 0.3) is 0 Å². The molecule has 0 aliphatic heterocycles. The summed E-state index contributed by atoms with van der Waals surface area (Å²) in [6, 6.07) is 5.04. The van der Waals surface area contributed by atoms with Crippen molar-refractivity contribution in [1.82, 2.24) is 0 Å². The van der Waals surface area contributed by atoms with Crippen molar-refractivity contribution in [2.75, 3.05) is 19.8 Å². The van der Waals surface area contributed by atoms with Crippen LogP contribution < -0.4 is 10.5 Å². The molecule has 0 heterocycles. The first kappa shape index (κ1) is 14.8. The van der Waals surface area contributed by atoms with Crippen LogP contribution in [0.15, 0.2) is 18.2 Å². The minimum Gasteiger partial charge on any atom is -0.490 e. The number of nitrogen functional groups attached to an aromatic ring is 1. The second-order valence-corrected chi connectivity index (χ2v) is 4.78. The molecule has 0 fully saturated rings. The molecule has 0 bridgehead atoms. The van der Waals surface area contributed by atoms with Gasteiger partial charge in [0.2, 0.25) is 0 Å². The maximum Gasteiger partial charge on any atom is 0.138 e. The quantitative estimate of drug-likeness (QED) is 0.455. The van der Waals surface area contributed by atoms with Gasteiger partial charge >= 0.3 is 0 Å². The topological polar surface area (TPSA) is 68.3 Å². The average Bonchev–Trinajstić information content (AvgIpc) is 2.29. The maximum absolute atomic E-state index is 7.29. The van der Waals surface area contributed by atoms with Crippen molar-refractivity contribution in [1.29, 1.82) is 5.41 Å². The lowest BCUT2D eigenvalue weighted by Crippen LogP contribution is -2.12. The molecule has 1 aromatic carbocycles. The normalized spacial score (nSPS) is 10.7. The van der Waals surface area contributed by atoms with Gasteiger partial charge in [0.1, 0.15) is 18.2 Å². The predicted octanol–water partition coefficient (Wildman–Crippen LogP) is 2.68. The lowest BCUT2D eigenvalue weighted by Gasteiger charge is -2.10. The summed E-state index contributed by atoms with van der Waals surface area (Å²) in [5.74, 6) is 1.09. The predicted molar refractivity (Wildman–Crippen MR) is 73.6 cm³/mol. The van der Waals surface area contributed by atoms with Crippen LogP contribution in [0.2, 0.25) is 5.02 Å². The van der Waals surface area contributed by atoms with Crippen LogP contribution in [0.3, 0.4) is 0 Å². The van der Waals surface area contributed by atoms with Crippen LogP contribution in [0.5, 0.6) is 5.75 Å². The Hall–Kier alpha value is -1.26. The number of nitrogens with one attached hydrogen (secondary N) is 1. The fourth-order valence-electron chi connectivity index (χ4n) is 1.32. The highest BCUT2D eigenvalue weighted by atomic mass is 35.5. The Labute approximate surface area is 113 Å². The van der Waals surface area contributed by atoms with E-state index in [9.17, 15) is 0 Å². The van der Waals surface area contributed by atoms with Gasteiger partial charge in [0, 0.05) is 12.2 Å². The fraction of sp³-hybridized carbons (Fsp3) is 0.462. The smallest absolute Gasteiger partial charge is 0.138 e. The minimum atomic E-state index is -0.0104. The summed E-state index contributed by atoms with van der Waals surface area (Å²) in [6.45, 7) is 5.89. The summed E-state index contributed by atoms with van der Waals surface area (Å²) in [5, 5.41) is 7.74. The van der Waals surface area contributed by atoms with Crippen LogP contribution in [-0.4, -0.2) is 25.7 Å². The molecule has 0 aromatic heterocycles. The molecule has 18 heavy (non-hydrogen) atoms. The Morgan fingerprint density at radius 3 is 2.67 bits per heavy atom. The van der Waals surface area contributed by atoms with Crippen molar-refractivity contribution in [2.45, 2.75) is 13.8 Å². The number of nitrogens with two attached hydrogens (primary N) is 1. The molecular weight excluding hydrogens is 252 g/mol. The van der Waals surface area contributed by atoms with Gasteiger partial charge in [-0.15, -0.1) is 0 Å². The molecule has 5 heteroatoms. The van der Waals surface area contributed by atoms with Gasteiger partial charge in [-0.3, -0.25) is 5.41 Å². The number of amidine groups is 1. The molecule has 1 rings (SSSR count). The van der Waals surface area contributed by atoms with Crippen molar-refractivity contribution in [3.8, 4) is 5.75 Å². The van der Waals surface area contributed by atoms with Crippen molar-refractivity contribution in [2.24, 2.45) is 11.7 Å². The monoisotopic (exact) mass is 270 g/mol. The van der Waals surface area contributed by atoms with E-state index in [0.29, 0.717) is 35.5 Å². The molecule has 4 nitrogen and oxygen atoms in total. The molecule has 100 valence electrons. The lowest BCUT2D eigenvalue weighted by molar-refractivity contribution is 0.0819. The number of benzene rings is 1. The zero-order chi connectivity index (χ0) is 13.5. The Kier molecular flexibility index (Phi) is 5.95. The van der Waals surface area contributed by atoms with Crippen LogP contribution in [0.1, 0.15) is 19.4 Å². The van der Waals surface area contributed by atoms with Gasteiger partial charge in [-0.05, 0) is 24.1 Å². The van der Waals surface area contributed by atoms with E-state index in [2.05, 4.69) is 13.8 Å². The van der Waals surface area contributed by atoms with Gasteiger partial charge in [0.15, 0.2) is 0 Å². The van der Waals surface area contributed by atoms with Crippen LogP contribution in [0, 0.1) is 11.3 Å². The highest BCUT2D eigenvalue weighted by molar-refractivity contribution is 6.32. The van der Waals surface area contributed by atoms with Crippen molar-refractivity contribution >= 4 is 17.4 Å². The summed E-state index contributed by atoms with van der Waals surface area (Å²) in [5.41, 5.74) is 5.95. The van der Waals surface area contributed by atoms with Crippen LogP contribution in [-0.2, 0) is 4.74 Å². The van der Waals surface area contributed by atoms with E-state index in [1.54, 1.807) is 18.2 Å². The first-order valence-electron chi connectivity index (χ1n) is 5.85. The first-order chi connectivity index (χ1) is 8.50. The second kappa shape index (κ2) is 7.24. The zero-order valence-corrected chi connectivity index (χ0v) is 11.5. The van der Waals surface area contributed by atoms with E-state index in [4.69, 9.17) is 32.2 Å². The van der Waals surface area contributed by atoms with E-state index in [0.717, 1.165) is 6.61 Å². The molecule has 0 saturated heterocycles. The van der Waals surface area contributed by atoms with Gasteiger partial charge < -0.3 is 15.2 Å². The fourth-order valence-corrected chi connectivity index (χ4v) is 1.55. The Morgan fingerprint density at radius 1 is 1.39 bits per heavy atom. The van der Waals surface area contributed by atoms with Gasteiger partial charge in [0.05, 0.1) is 11.6 Å². The molecule has 0 radical (unpaired) electrons. The molecule has 0 atom stereocenters. The van der Waals surface area contributed by atoms with E-state index in [1.807, 2.05) is 0 Å². The lowest BCUT2D eigenvalue weighted by atomic mass is 10.2.